The van der Waals surface area contributed by atoms with Crippen molar-refractivity contribution in [2.24, 2.45) is 0 Å². The van der Waals surface area contributed by atoms with Crippen molar-refractivity contribution in [2.75, 3.05) is 0 Å². The molecule has 29 heavy (non-hydrogen) atoms. The van der Waals surface area contributed by atoms with Crippen LogP contribution in [0, 0.1) is 0 Å². The Hall–Kier alpha value is -3.07. The minimum atomic E-state index is -0.0860. The lowest BCUT2D eigenvalue weighted by molar-refractivity contribution is -0.116. The number of hydrogen-bond acceptors (Lipinski definition) is 2. The van der Waals surface area contributed by atoms with Crippen molar-refractivity contribution in [1.29, 1.82) is 0 Å². The molecule has 1 amide bonds. The van der Waals surface area contributed by atoms with Crippen LogP contribution in [0.5, 0.6) is 0 Å². The maximum Gasteiger partial charge on any atom is 0.252 e. The van der Waals surface area contributed by atoms with E-state index in [1.165, 1.54) is 36.0 Å². The number of fused-ring (bicyclic) bond motifs is 1. The van der Waals surface area contributed by atoms with Gasteiger partial charge in [0, 0.05) is 0 Å². The smallest absolute Gasteiger partial charge is 0.252 e. The third-order valence-electron chi connectivity index (χ3n) is 5.65. The van der Waals surface area contributed by atoms with Gasteiger partial charge < -0.3 is 9.73 Å². The van der Waals surface area contributed by atoms with Crippen molar-refractivity contribution in [3.8, 4) is 0 Å². The molecule has 0 aliphatic heterocycles. The highest BCUT2D eigenvalue weighted by atomic mass is 16.3. The monoisotopic (exact) mass is 385 g/mol. The lowest BCUT2D eigenvalue weighted by Gasteiger charge is -2.22. The van der Waals surface area contributed by atoms with Gasteiger partial charge in [0.1, 0.15) is 5.76 Å². The van der Waals surface area contributed by atoms with Gasteiger partial charge in [-0.25, -0.2) is 0 Å². The molecule has 148 valence electrons. The molecule has 1 atom stereocenters. The first-order valence-corrected chi connectivity index (χ1v) is 10.5. The van der Waals surface area contributed by atoms with Crippen LogP contribution in [-0.4, -0.2) is 5.91 Å². The maximum absolute atomic E-state index is 13.3. The Labute approximate surface area is 172 Å². The van der Waals surface area contributed by atoms with Gasteiger partial charge in [0.2, 0.25) is 0 Å². The van der Waals surface area contributed by atoms with Crippen LogP contribution in [0.2, 0.25) is 0 Å². The standard InChI is InChI=1S/C26H27NO2/c1-2-25(22-15-14-19-9-6-7-12-21(19)17-22)27-26(28)24(18-23-13-8-16-29-23)20-10-4-3-5-11-20/h3-5,8,10-11,13-18,25H,2,6-7,9,12H2,1H3,(H,27,28)/b24-18+/t25-/m1/s1. The van der Waals surface area contributed by atoms with E-state index in [1.807, 2.05) is 48.5 Å². The van der Waals surface area contributed by atoms with Crippen LogP contribution in [-0.2, 0) is 17.6 Å². The SMILES string of the molecule is CC[C@@H](NC(=O)/C(=C/c1ccco1)c1ccccc1)c1ccc2c(c1)CCCC2. The van der Waals surface area contributed by atoms with Crippen LogP contribution in [0.25, 0.3) is 11.6 Å². The molecular formula is C26H27NO2. The highest BCUT2D eigenvalue weighted by Gasteiger charge is 2.19. The first kappa shape index (κ1) is 19.3. The average molecular weight is 386 g/mol. The van der Waals surface area contributed by atoms with Gasteiger partial charge >= 0.3 is 0 Å². The summed E-state index contributed by atoms with van der Waals surface area (Å²) in [5.41, 5.74) is 5.57. The summed E-state index contributed by atoms with van der Waals surface area (Å²) in [6.45, 7) is 2.11. The lowest BCUT2D eigenvalue weighted by Crippen LogP contribution is -2.29. The molecule has 1 heterocycles. The van der Waals surface area contributed by atoms with Crippen LogP contribution >= 0.6 is 0 Å². The number of nitrogens with one attached hydrogen (secondary N) is 1. The van der Waals surface area contributed by atoms with Crippen molar-refractivity contribution in [3.63, 3.8) is 0 Å². The van der Waals surface area contributed by atoms with E-state index in [0.29, 0.717) is 11.3 Å². The second-order valence-electron chi connectivity index (χ2n) is 7.61. The number of amides is 1. The number of carbonyl (C=O) groups is 1. The Bertz CT molecular complexity index is 987. The predicted octanol–water partition coefficient (Wildman–Crippen LogP) is 5.97. The first-order valence-electron chi connectivity index (χ1n) is 10.5. The normalized spacial score (nSPS) is 14.9. The van der Waals surface area contributed by atoms with E-state index in [-0.39, 0.29) is 11.9 Å². The fraction of sp³-hybridized carbons (Fsp3) is 0.269. The second-order valence-corrected chi connectivity index (χ2v) is 7.61. The molecule has 3 heteroatoms. The van der Waals surface area contributed by atoms with Gasteiger partial charge in [0.25, 0.3) is 5.91 Å². The van der Waals surface area contributed by atoms with Crippen molar-refractivity contribution in [1.82, 2.24) is 5.32 Å². The maximum atomic E-state index is 13.3. The molecule has 1 aliphatic rings. The topological polar surface area (TPSA) is 42.2 Å². The van der Waals surface area contributed by atoms with Gasteiger partial charge in [-0.05, 0) is 72.6 Å². The Kier molecular flexibility index (Phi) is 5.95. The van der Waals surface area contributed by atoms with E-state index < -0.39 is 0 Å². The zero-order valence-electron chi connectivity index (χ0n) is 16.9. The summed E-state index contributed by atoms with van der Waals surface area (Å²) < 4.78 is 5.46. The number of aryl methyl sites for hydroxylation is 2. The lowest BCUT2D eigenvalue weighted by atomic mass is 9.88. The zero-order valence-corrected chi connectivity index (χ0v) is 16.9. The molecule has 0 saturated carbocycles. The summed E-state index contributed by atoms with van der Waals surface area (Å²) in [6.07, 6.45) is 9.11. The Balaban J connectivity index is 1.61. The highest BCUT2D eigenvalue weighted by Crippen LogP contribution is 2.27. The van der Waals surface area contributed by atoms with Gasteiger partial charge in [-0.1, -0.05) is 55.5 Å². The number of benzene rings is 2. The summed E-state index contributed by atoms with van der Waals surface area (Å²) in [6, 6.07) is 20.1. The van der Waals surface area contributed by atoms with E-state index in [0.717, 1.165) is 18.4 Å². The average Bonchev–Trinajstić information content (AvgIpc) is 3.29. The highest BCUT2D eigenvalue weighted by molar-refractivity contribution is 6.24. The molecular weight excluding hydrogens is 358 g/mol. The summed E-state index contributed by atoms with van der Waals surface area (Å²) in [4.78, 5) is 13.3. The molecule has 0 saturated heterocycles. The second kappa shape index (κ2) is 8.95. The third-order valence-corrected chi connectivity index (χ3v) is 5.65. The first-order chi connectivity index (χ1) is 14.2. The van der Waals surface area contributed by atoms with E-state index in [9.17, 15) is 4.79 Å². The molecule has 0 spiro atoms. The van der Waals surface area contributed by atoms with E-state index in [4.69, 9.17) is 4.42 Å². The van der Waals surface area contributed by atoms with E-state index in [1.54, 1.807) is 6.26 Å². The molecule has 3 aromatic rings. The fourth-order valence-corrected chi connectivity index (χ4v) is 4.04. The van der Waals surface area contributed by atoms with Crippen LogP contribution in [0.15, 0.2) is 71.3 Å². The largest absolute Gasteiger partial charge is 0.465 e. The minimum absolute atomic E-state index is 0.0153. The molecule has 0 fully saturated rings. The van der Waals surface area contributed by atoms with Crippen molar-refractivity contribution < 1.29 is 9.21 Å². The summed E-state index contributed by atoms with van der Waals surface area (Å²) in [5, 5.41) is 3.25. The zero-order chi connectivity index (χ0) is 20.1. The summed E-state index contributed by atoms with van der Waals surface area (Å²) in [7, 11) is 0. The minimum Gasteiger partial charge on any atom is -0.465 e. The summed E-state index contributed by atoms with van der Waals surface area (Å²) in [5.74, 6) is 0.581. The number of rotatable bonds is 6. The van der Waals surface area contributed by atoms with Gasteiger partial charge in [-0.2, -0.15) is 0 Å². The molecule has 3 nitrogen and oxygen atoms in total. The van der Waals surface area contributed by atoms with Gasteiger partial charge in [0.15, 0.2) is 0 Å². The Morgan fingerprint density at radius 1 is 1.03 bits per heavy atom. The summed E-state index contributed by atoms with van der Waals surface area (Å²) >= 11 is 0. The van der Waals surface area contributed by atoms with Gasteiger partial charge in [-0.3, -0.25) is 4.79 Å². The van der Waals surface area contributed by atoms with Crippen LogP contribution < -0.4 is 5.32 Å². The molecule has 0 radical (unpaired) electrons. The number of furan rings is 1. The van der Waals surface area contributed by atoms with Crippen molar-refractivity contribution in [3.05, 3.63) is 94.9 Å². The van der Waals surface area contributed by atoms with Crippen molar-refractivity contribution in [2.45, 2.75) is 45.1 Å². The quantitative estimate of drug-likeness (QED) is 0.532. The molecule has 2 aromatic carbocycles. The molecule has 1 N–H and O–H groups in total. The van der Waals surface area contributed by atoms with Crippen molar-refractivity contribution >= 4 is 17.6 Å². The van der Waals surface area contributed by atoms with E-state index >= 15 is 0 Å². The molecule has 0 unspecified atom stereocenters. The predicted molar refractivity (Wildman–Crippen MR) is 117 cm³/mol. The van der Waals surface area contributed by atoms with Gasteiger partial charge in [-0.15, -0.1) is 0 Å². The molecule has 4 rings (SSSR count). The Morgan fingerprint density at radius 2 is 1.83 bits per heavy atom. The molecule has 0 bridgehead atoms. The van der Waals surface area contributed by atoms with Crippen LogP contribution in [0.3, 0.4) is 0 Å². The van der Waals surface area contributed by atoms with Crippen LogP contribution in [0.4, 0.5) is 0 Å². The van der Waals surface area contributed by atoms with E-state index in [2.05, 4.69) is 30.4 Å². The Morgan fingerprint density at radius 3 is 2.55 bits per heavy atom. The van der Waals surface area contributed by atoms with Crippen LogP contribution in [0.1, 0.15) is 60.2 Å². The number of hydrogen-bond donors (Lipinski definition) is 1. The number of carbonyl (C=O) groups excluding carboxylic acids is 1. The molecule has 1 aromatic heterocycles. The fourth-order valence-electron chi connectivity index (χ4n) is 4.04. The van der Waals surface area contributed by atoms with Gasteiger partial charge in [0.05, 0.1) is 17.9 Å². The molecule has 1 aliphatic carbocycles. The third kappa shape index (κ3) is 4.51.